The molecule has 0 spiro atoms. The minimum Gasteiger partial charge on any atom is -0.0976 e. The molecule has 0 fully saturated rings. The van der Waals surface area contributed by atoms with Crippen molar-refractivity contribution in [1.82, 2.24) is 0 Å². The van der Waals surface area contributed by atoms with Crippen LogP contribution >= 0.6 is 21.6 Å². The Morgan fingerprint density at radius 3 is 1.71 bits per heavy atom. The first-order valence-electron chi connectivity index (χ1n) is 7.50. The summed E-state index contributed by atoms with van der Waals surface area (Å²) in [6, 6.07) is 0. The molecule has 0 saturated heterocycles. The smallest absolute Gasteiger partial charge is 0.00652 e. The molecule has 0 aromatic rings. The summed E-state index contributed by atoms with van der Waals surface area (Å²) in [4.78, 5) is 0. The van der Waals surface area contributed by atoms with E-state index in [2.05, 4.69) is 30.9 Å². The van der Waals surface area contributed by atoms with Crippen LogP contribution in [0.4, 0.5) is 0 Å². The van der Waals surface area contributed by atoms with Crippen molar-refractivity contribution < 1.29 is 0 Å². The summed E-state index contributed by atoms with van der Waals surface area (Å²) in [7, 11) is 3.99. The van der Waals surface area contributed by atoms with Crippen LogP contribution in [0, 0.1) is 5.92 Å². The van der Waals surface area contributed by atoms with Gasteiger partial charge in [-0.25, -0.2) is 0 Å². The van der Waals surface area contributed by atoms with Crippen LogP contribution in [0.15, 0.2) is 0 Å². The van der Waals surface area contributed by atoms with E-state index in [1.807, 2.05) is 10.8 Å². The van der Waals surface area contributed by atoms with E-state index in [-0.39, 0.29) is 0 Å². The van der Waals surface area contributed by atoms with Gasteiger partial charge in [0.05, 0.1) is 0 Å². The summed E-state index contributed by atoms with van der Waals surface area (Å²) in [5, 5.41) is 0. The fourth-order valence-corrected chi connectivity index (χ4v) is 3.84. The summed E-state index contributed by atoms with van der Waals surface area (Å²) < 4.78 is 0. The van der Waals surface area contributed by atoms with Gasteiger partial charge in [0.2, 0.25) is 0 Å². The zero-order valence-electron chi connectivity index (χ0n) is 12.2. The Morgan fingerprint density at radius 1 is 0.765 bits per heavy atom. The second-order valence-electron chi connectivity index (χ2n) is 5.02. The molecule has 0 heterocycles. The van der Waals surface area contributed by atoms with Crippen molar-refractivity contribution in [1.29, 1.82) is 0 Å². The van der Waals surface area contributed by atoms with Crippen LogP contribution in [0.1, 0.15) is 78.1 Å². The number of hydrogen-bond acceptors (Lipinski definition) is 2. The molecule has 0 saturated carbocycles. The van der Waals surface area contributed by atoms with Gasteiger partial charge < -0.3 is 0 Å². The maximum Gasteiger partial charge on any atom is 0.00652 e. The highest BCUT2D eigenvalue weighted by Crippen LogP contribution is 2.27. The number of unbranched alkanes of at least 4 members (excludes halogenated alkanes) is 6. The second-order valence-corrected chi connectivity index (χ2v) is 7.63. The summed E-state index contributed by atoms with van der Waals surface area (Å²) in [5.74, 6) is 2.36. The standard InChI is InChI=1S/C15H32S2/c1-4-6-8-10-12-15(14-17-16-3)13-11-9-7-5-2/h15H,4-14H2,1-3H3. The molecule has 0 rings (SSSR count). The van der Waals surface area contributed by atoms with E-state index in [4.69, 9.17) is 0 Å². The molecule has 0 atom stereocenters. The normalized spacial score (nSPS) is 11.3. The van der Waals surface area contributed by atoms with Gasteiger partial charge in [0.15, 0.2) is 0 Å². The molecule has 0 amide bonds. The van der Waals surface area contributed by atoms with E-state index in [0.717, 1.165) is 5.92 Å². The van der Waals surface area contributed by atoms with Crippen molar-refractivity contribution in [3.8, 4) is 0 Å². The molecule has 0 radical (unpaired) electrons. The summed E-state index contributed by atoms with van der Waals surface area (Å²) >= 11 is 0. The van der Waals surface area contributed by atoms with Crippen LogP contribution in [-0.2, 0) is 0 Å². The van der Waals surface area contributed by atoms with E-state index in [1.54, 1.807) is 0 Å². The van der Waals surface area contributed by atoms with Crippen LogP contribution in [0.3, 0.4) is 0 Å². The number of rotatable bonds is 13. The molecular weight excluding hydrogens is 244 g/mol. The highest BCUT2D eigenvalue weighted by atomic mass is 33.1. The van der Waals surface area contributed by atoms with Crippen molar-refractivity contribution >= 4 is 21.6 Å². The van der Waals surface area contributed by atoms with Crippen molar-refractivity contribution in [3.05, 3.63) is 0 Å². The third-order valence-electron chi connectivity index (χ3n) is 3.35. The Balaban J connectivity index is 3.56. The Kier molecular flexibility index (Phi) is 15.4. The van der Waals surface area contributed by atoms with Gasteiger partial charge in [-0.05, 0) is 25.0 Å². The van der Waals surface area contributed by atoms with Crippen molar-refractivity contribution in [2.24, 2.45) is 5.92 Å². The minimum atomic E-state index is 0.987. The molecule has 0 aliphatic carbocycles. The predicted molar refractivity (Wildman–Crippen MR) is 87.0 cm³/mol. The quantitative estimate of drug-likeness (QED) is 0.276. The Morgan fingerprint density at radius 2 is 1.29 bits per heavy atom. The van der Waals surface area contributed by atoms with E-state index < -0.39 is 0 Å². The summed E-state index contributed by atoms with van der Waals surface area (Å²) in [5.41, 5.74) is 0. The first-order valence-corrected chi connectivity index (χ1v) is 10.2. The van der Waals surface area contributed by atoms with E-state index in [9.17, 15) is 0 Å². The van der Waals surface area contributed by atoms with Crippen molar-refractivity contribution in [3.63, 3.8) is 0 Å². The second kappa shape index (κ2) is 14.8. The molecule has 0 aliphatic heterocycles. The largest absolute Gasteiger partial charge is 0.0976 e. The summed E-state index contributed by atoms with van der Waals surface area (Å²) in [6.07, 6.45) is 16.5. The van der Waals surface area contributed by atoms with Crippen LogP contribution < -0.4 is 0 Å². The van der Waals surface area contributed by atoms with Crippen molar-refractivity contribution in [2.45, 2.75) is 78.1 Å². The fourth-order valence-electron chi connectivity index (χ4n) is 2.19. The molecule has 0 aromatic heterocycles. The highest BCUT2D eigenvalue weighted by Gasteiger charge is 2.08. The van der Waals surface area contributed by atoms with Gasteiger partial charge in [0.25, 0.3) is 0 Å². The molecule has 0 nitrogen and oxygen atoms in total. The summed E-state index contributed by atoms with van der Waals surface area (Å²) in [6.45, 7) is 4.59. The molecule has 0 aromatic carbocycles. The molecule has 0 N–H and O–H groups in total. The zero-order chi connectivity index (χ0) is 12.8. The maximum absolute atomic E-state index is 2.30. The highest BCUT2D eigenvalue weighted by molar-refractivity contribution is 8.76. The lowest BCUT2D eigenvalue weighted by atomic mass is 9.96. The van der Waals surface area contributed by atoms with Crippen LogP contribution in [0.5, 0.6) is 0 Å². The fraction of sp³-hybridized carbons (Fsp3) is 1.00. The molecule has 0 aliphatic rings. The Bertz CT molecular complexity index is 125. The third-order valence-corrected chi connectivity index (χ3v) is 5.31. The Labute approximate surface area is 117 Å². The van der Waals surface area contributed by atoms with E-state index in [0.29, 0.717) is 0 Å². The van der Waals surface area contributed by atoms with Gasteiger partial charge in [-0.15, -0.1) is 0 Å². The van der Waals surface area contributed by atoms with Gasteiger partial charge in [0.1, 0.15) is 0 Å². The SMILES string of the molecule is CCCCCCC(CCCCCC)CSSC. The molecule has 0 unspecified atom stereocenters. The van der Waals surface area contributed by atoms with Crippen LogP contribution in [-0.4, -0.2) is 12.0 Å². The first-order chi connectivity index (χ1) is 8.35. The van der Waals surface area contributed by atoms with Gasteiger partial charge in [0, 0.05) is 5.75 Å². The van der Waals surface area contributed by atoms with Gasteiger partial charge in [-0.1, -0.05) is 86.8 Å². The van der Waals surface area contributed by atoms with Gasteiger partial charge in [-0.2, -0.15) is 0 Å². The lowest BCUT2D eigenvalue weighted by Crippen LogP contribution is -2.03. The van der Waals surface area contributed by atoms with Gasteiger partial charge in [-0.3, -0.25) is 0 Å². The van der Waals surface area contributed by atoms with Crippen LogP contribution in [0.25, 0.3) is 0 Å². The van der Waals surface area contributed by atoms with E-state index >= 15 is 0 Å². The average molecular weight is 277 g/mol. The minimum absolute atomic E-state index is 0.987. The van der Waals surface area contributed by atoms with E-state index in [1.165, 1.54) is 70.0 Å². The van der Waals surface area contributed by atoms with Gasteiger partial charge >= 0.3 is 0 Å². The Hall–Kier alpha value is 0.700. The monoisotopic (exact) mass is 276 g/mol. The first kappa shape index (κ1) is 17.7. The topological polar surface area (TPSA) is 0 Å². The van der Waals surface area contributed by atoms with Crippen LogP contribution in [0.2, 0.25) is 0 Å². The van der Waals surface area contributed by atoms with Crippen molar-refractivity contribution in [2.75, 3.05) is 12.0 Å². The molecule has 0 bridgehead atoms. The lowest BCUT2D eigenvalue weighted by molar-refractivity contribution is 0.443. The lowest BCUT2D eigenvalue weighted by Gasteiger charge is -2.15. The molecular formula is C15H32S2. The molecule has 2 heteroatoms. The molecule has 17 heavy (non-hydrogen) atoms. The maximum atomic E-state index is 2.30. The zero-order valence-corrected chi connectivity index (χ0v) is 13.8. The third kappa shape index (κ3) is 12.9. The average Bonchev–Trinajstić information content (AvgIpc) is 2.35. The predicted octanol–water partition coefficient (Wildman–Crippen LogP) is 6.55. The molecule has 104 valence electrons. The number of hydrogen-bond donors (Lipinski definition) is 0.